The summed E-state index contributed by atoms with van der Waals surface area (Å²) in [6.07, 6.45) is 2.07. The second-order valence-corrected chi connectivity index (χ2v) is 6.15. The molecule has 1 aromatic heterocycles. The molecule has 19 heavy (non-hydrogen) atoms. The standard InChI is InChI=1S/C14H24N2O2S/c1-5-10(3)14(4,18)9-15-12(17)7-11-8-19-13(6-2)16-11/h8,10,18H,5-7,9H2,1-4H3,(H,15,17). The predicted octanol–water partition coefficient (Wildman–Crippen LogP) is 2.16. The Morgan fingerprint density at radius 3 is 2.79 bits per heavy atom. The fraction of sp³-hybridized carbons (Fsp3) is 0.714. The Kier molecular flexibility index (Phi) is 5.94. The van der Waals surface area contributed by atoms with E-state index in [1.165, 1.54) is 0 Å². The van der Waals surface area contributed by atoms with Gasteiger partial charge in [-0.15, -0.1) is 11.3 Å². The Hall–Kier alpha value is -0.940. The van der Waals surface area contributed by atoms with Crippen LogP contribution in [0.15, 0.2) is 5.38 Å². The van der Waals surface area contributed by atoms with E-state index in [0.29, 0.717) is 0 Å². The maximum atomic E-state index is 11.8. The van der Waals surface area contributed by atoms with E-state index in [9.17, 15) is 9.90 Å². The Bertz CT molecular complexity index is 415. The van der Waals surface area contributed by atoms with Gasteiger partial charge >= 0.3 is 0 Å². The minimum absolute atomic E-state index is 0.0865. The second-order valence-electron chi connectivity index (χ2n) is 5.21. The Morgan fingerprint density at radius 1 is 1.58 bits per heavy atom. The van der Waals surface area contributed by atoms with Gasteiger partial charge in [0.05, 0.1) is 22.7 Å². The zero-order chi connectivity index (χ0) is 14.5. The van der Waals surface area contributed by atoms with Crippen LogP contribution in [0.5, 0.6) is 0 Å². The van der Waals surface area contributed by atoms with Gasteiger partial charge in [-0.3, -0.25) is 4.79 Å². The van der Waals surface area contributed by atoms with Gasteiger partial charge in [0.15, 0.2) is 0 Å². The highest BCUT2D eigenvalue weighted by molar-refractivity contribution is 7.09. The molecule has 0 aliphatic rings. The second kappa shape index (κ2) is 7.01. The normalized spacial score (nSPS) is 15.8. The molecule has 4 nitrogen and oxygen atoms in total. The maximum absolute atomic E-state index is 11.8. The smallest absolute Gasteiger partial charge is 0.226 e. The van der Waals surface area contributed by atoms with Crippen molar-refractivity contribution in [3.05, 3.63) is 16.1 Å². The number of aromatic nitrogens is 1. The van der Waals surface area contributed by atoms with Crippen LogP contribution in [0, 0.1) is 5.92 Å². The van der Waals surface area contributed by atoms with Crippen LogP contribution in [0.4, 0.5) is 0 Å². The first-order chi connectivity index (χ1) is 8.89. The first-order valence-electron chi connectivity index (χ1n) is 6.81. The third-order valence-electron chi connectivity index (χ3n) is 3.56. The quantitative estimate of drug-likeness (QED) is 0.806. The number of nitrogens with one attached hydrogen (secondary N) is 1. The average Bonchev–Trinajstić information content (AvgIpc) is 2.83. The van der Waals surface area contributed by atoms with Crippen LogP contribution in [-0.2, 0) is 17.6 Å². The van der Waals surface area contributed by atoms with E-state index < -0.39 is 5.60 Å². The van der Waals surface area contributed by atoms with Crippen molar-refractivity contribution in [1.82, 2.24) is 10.3 Å². The van der Waals surface area contributed by atoms with Crippen LogP contribution in [-0.4, -0.2) is 28.1 Å². The van der Waals surface area contributed by atoms with Gasteiger partial charge < -0.3 is 10.4 Å². The van der Waals surface area contributed by atoms with E-state index in [1.807, 2.05) is 26.2 Å². The number of hydrogen-bond acceptors (Lipinski definition) is 4. The molecule has 2 atom stereocenters. The summed E-state index contributed by atoms with van der Waals surface area (Å²) in [5, 5.41) is 16.0. The van der Waals surface area contributed by atoms with Gasteiger partial charge in [0.1, 0.15) is 0 Å². The highest BCUT2D eigenvalue weighted by Gasteiger charge is 2.27. The molecule has 1 heterocycles. The highest BCUT2D eigenvalue weighted by atomic mass is 32.1. The summed E-state index contributed by atoms with van der Waals surface area (Å²) in [4.78, 5) is 16.2. The van der Waals surface area contributed by atoms with Crippen LogP contribution < -0.4 is 5.32 Å². The summed E-state index contributed by atoms with van der Waals surface area (Å²) in [6, 6.07) is 0. The van der Waals surface area contributed by atoms with Crippen molar-refractivity contribution in [2.24, 2.45) is 5.92 Å². The van der Waals surface area contributed by atoms with Crippen molar-refractivity contribution in [3.63, 3.8) is 0 Å². The van der Waals surface area contributed by atoms with E-state index in [2.05, 4.69) is 10.3 Å². The van der Waals surface area contributed by atoms with Crippen molar-refractivity contribution in [1.29, 1.82) is 0 Å². The number of carbonyl (C=O) groups is 1. The van der Waals surface area contributed by atoms with Gasteiger partial charge in [-0.25, -0.2) is 4.98 Å². The summed E-state index contributed by atoms with van der Waals surface area (Å²) in [5.41, 5.74) is -0.0522. The number of amides is 1. The summed E-state index contributed by atoms with van der Waals surface area (Å²) in [7, 11) is 0. The summed E-state index contributed by atoms with van der Waals surface area (Å²) in [6.45, 7) is 8.11. The van der Waals surface area contributed by atoms with Gasteiger partial charge in [-0.1, -0.05) is 27.2 Å². The number of aryl methyl sites for hydroxylation is 1. The van der Waals surface area contributed by atoms with Crippen LogP contribution in [0.2, 0.25) is 0 Å². The van der Waals surface area contributed by atoms with Gasteiger partial charge in [0, 0.05) is 11.9 Å². The summed E-state index contributed by atoms with van der Waals surface area (Å²) < 4.78 is 0. The topological polar surface area (TPSA) is 62.2 Å². The first-order valence-corrected chi connectivity index (χ1v) is 7.69. The van der Waals surface area contributed by atoms with E-state index in [-0.39, 0.29) is 24.8 Å². The Morgan fingerprint density at radius 2 is 2.26 bits per heavy atom. The summed E-state index contributed by atoms with van der Waals surface area (Å²) >= 11 is 1.58. The molecule has 2 N–H and O–H groups in total. The first kappa shape index (κ1) is 16.1. The zero-order valence-corrected chi connectivity index (χ0v) is 13.0. The van der Waals surface area contributed by atoms with Crippen LogP contribution in [0.1, 0.15) is 44.8 Å². The fourth-order valence-electron chi connectivity index (χ4n) is 1.71. The number of aliphatic hydroxyl groups is 1. The number of nitrogens with zero attached hydrogens (tertiary/aromatic N) is 1. The van der Waals surface area contributed by atoms with E-state index in [1.54, 1.807) is 18.3 Å². The van der Waals surface area contributed by atoms with Crippen molar-refractivity contribution < 1.29 is 9.90 Å². The lowest BCUT2D eigenvalue weighted by Gasteiger charge is -2.29. The molecule has 1 amide bonds. The summed E-state index contributed by atoms with van der Waals surface area (Å²) in [5.74, 6) is 0.0651. The minimum atomic E-state index is -0.860. The van der Waals surface area contributed by atoms with E-state index in [4.69, 9.17) is 0 Å². The van der Waals surface area contributed by atoms with Crippen LogP contribution in [0.25, 0.3) is 0 Å². The SMILES string of the molecule is CCc1nc(CC(=O)NCC(C)(O)C(C)CC)cs1. The lowest BCUT2D eigenvalue weighted by molar-refractivity contribution is -0.122. The Balaban J connectivity index is 2.43. The molecule has 0 bridgehead atoms. The molecule has 1 rings (SSSR count). The third-order valence-corrected chi connectivity index (χ3v) is 4.60. The molecule has 1 aromatic rings. The van der Waals surface area contributed by atoms with Gasteiger partial charge in [-0.2, -0.15) is 0 Å². The number of thiazole rings is 1. The highest BCUT2D eigenvalue weighted by Crippen LogP contribution is 2.18. The molecule has 0 radical (unpaired) electrons. The molecular weight excluding hydrogens is 260 g/mol. The molecule has 0 aromatic carbocycles. The van der Waals surface area contributed by atoms with Crippen LogP contribution in [0.3, 0.4) is 0 Å². The maximum Gasteiger partial charge on any atom is 0.226 e. The van der Waals surface area contributed by atoms with Crippen molar-refractivity contribution in [2.75, 3.05) is 6.54 Å². The predicted molar refractivity (Wildman–Crippen MR) is 78.3 cm³/mol. The molecule has 0 spiro atoms. The van der Waals surface area contributed by atoms with Gasteiger partial charge in [-0.05, 0) is 19.3 Å². The number of carbonyl (C=O) groups excluding carboxylic acids is 1. The average molecular weight is 284 g/mol. The van der Waals surface area contributed by atoms with E-state index in [0.717, 1.165) is 23.5 Å². The minimum Gasteiger partial charge on any atom is -0.388 e. The van der Waals surface area contributed by atoms with Crippen molar-refractivity contribution in [3.8, 4) is 0 Å². The molecule has 0 saturated heterocycles. The van der Waals surface area contributed by atoms with Crippen molar-refractivity contribution >= 4 is 17.2 Å². The lowest BCUT2D eigenvalue weighted by Crippen LogP contribution is -2.45. The largest absolute Gasteiger partial charge is 0.388 e. The molecule has 5 heteroatoms. The Labute approximate surface area is 119 Å². The molecule has 108 valence electrons. The zero-order valence-electron chi connectivity index (χ0n) is 12.2. The fourth-order valence-corrected chi connectivity index (χ4v) is 2.46. The molecular formula is C14H24N2O2S. The third kappa shape index (κ3) is 4.91. The van der Waals surface area contributed by atoms with Crippen LogP contribution >= 0.6 is 11.3 Å². The molecule has 0 saturated carbocycles. The van der Waals surface area contributed by atoms with Crippen molar-refractivity contribution in [2.45, 2.75) is 52.6 Å². The molecule has 2 unspecified atom stereocenters. The lowest BCUT2D eigenvalue weighted by atomic mass is 9.88. The van der Waals surface area contributed by atoms with Gasteiger partial charge in [0.25, 0.3) is 0 Å². The molecule has 0 aliphatic heterocycles. The number of rotatable bonds is 7. The number of hydrogen-bond donors (Lipinski definition) is 2. The van der Waals surface area contributed by atoms with Gasteiger partial charge in [0.2, 0.25) is 5.91 Å². The monoisotopic (exact) mass is 284 g/mol. The molecule has 0 fully saturated rings. The van der Waals surface area contributed by atoms with E-state index >= 15 is 0 Å². The molecule has 0 aliphatic carbocycles.